The van der Waals surface area contributed by atoms with Crippen molar-refractivity contribution in [3.8, 4) is 0 Å². The Bertz CT molecular complexity index is 1060. The van der Waals surface area contributed by atoms with Crippen LogP contribution in [-0.2, 0) is 4.79 Å². The Hall–Kier alpha value is -2.99. The molecule has 24 heavy (non-hydrogen) atoms. The maximum atomic E-state index is 11.2. The molecule has 0 bridgehead atoms. The first-order valence-corrected chi connectivity index (χ1v) is 8.35. The average molecular weight is 334 g/mol. The van der Waals surface area contributed by atoms with Crippen molar-refractivity contribution >= 4 is 55.6 Å². The monoisotopic (exact) mass is 334 g/mol. The summed E-state index contributed by atoms with van der Waals surface area (Å²) in [5, 5.41) is 10.2. The van der Waals surface area contributed by atoms with Crippen molar-refractivity contribution in [3.05, 3.63) is 54.0 Å². The third kappa shape index (κ3) is 2.79. The van der Waals surface area contributed by atoms with Gasteiger partial charge in [0.05, 0.1) is 5.52 Å². The Balaban J connectivity index is 1.70. The number of carbonyl (C=O) groups excluding carboxylic acids is 1. The largest absolute Gasteiger partial charge is 0.326 e. The molecule has 0 atom stereocenters. The number of amides is 1. The lowest BCUT2D eigenvalue weighted by Gasteiger charge is -2.08. The van der Waals surface area contributed by atoms with Crippen LogP contribution >= 0.6 is 11.3 Å². The maximum Gasteiger partial charge on any atom is 0.227 e. The van der Waals surface area contributed by atoms with Gasteiger partial charge in [0, 0.05) is 40.0 Å². The fourth-order valence-electron chi connectivity index (χ4n) is 2.61. The molecule has 2 aromatic carbocycles. The van der Waals surface area contributed by atoms with E-state index in [2.05, 4.69) is 38.1 Å². The van der Waals surface area contributed by atoms with Crippen LogP contribution in [0.25, 0.3) is 21.0 Å². The Morgan fingerprint density at radius 3 is 2.88 bits per heavy atom. The molecule has 2 aromatic heterocycles. The number of anilines is 3. The smallest absolute Gasteiger partial charge is 0.227 e. The molecule has 0 aliphatic rings. The predicted molar refractivity (Wildman–Crippen MR) is 98.9 cm³/mol. The van der Waals surface area contributed by atoms with Crippen LogP contribution in [0.3, 0.4) is 0 Å². The number of rotatable bonds is 3. The van der Waals surface area contributed by atoms with E-state index in [0.29, 0.717) is 5.95 Å². The number of carbonyl (C=O) groups is 1. The summed E-state index contributed by atoms with van der Waals surface area (Å²) < 4.78 is 1.21. The highest BCUT2D eigenvalue weighted by Crippen LogP contribution is 2.28. The molecule has 118 valence electrons. The molecule has 0 aliphatic heterocycles. The minimum atomic E-state index is -0.103. The molecular weight excluding hydrogens is 320 g/mol. The summed E-state index contributed by atoms with van der Waals surface area (Å²) in [6, 6.07) is 13.7. The highest BCUT2D eigenvalue weighted by atomic mass is 32.1. The molecular formula is C18H14N4OS. The molecule has 2 N–H and O–H groups in total. The van der Waals surface area contributed by atoms with Gasteiger partial charge in [0.1, 0.15) is 0 Å². The first-order valence-electron chi connectivity index (χ1n) is 7.47. The molecule has 0 spiro atoms. The van der Waals surface area contributed by atoms with E-state index in [4.69, 9.17) is 0 Å². The van der Waals surface area contributed by atoms with Crippen LogP contribution in [0.15, 0.2) is 54.0 Å². The second-order valence-corrected chi connectivity index (χ2v) is 6.36. The van der Waals surface area contributed by atoms with Crippen LogP contribution in [0.2, 0.25) is 0 Å². The van der Waals surface area contributed by atoms with Gasteiger partial charge in [-0.15, -0.1) is 11.3 Å². The summed E-state index contributed by atoms with van der Waals surface area (Å²) >= 11 is 1.70. The van der Waals surface area contributed by atoms with Crippen LogP contribution in [-0.4, -0.2) is 15.9 Å². The third-order valence-corrected chi connectivity index (χ3v) is 4.50. The van der Waals surface area contributed by atoms with Crippen LogP contribution in [0, 0.1) is 0 Å². The lowest BCUT2D eigenvalue weighted by atomic mass is 10.2. The summed E-state index contributed by atoms with van der Waals surface area (Å²) in [7, 11) is 0. The zero-order valence-electron chi connectivity index (χ0n) is 12.9. The van der Waals surface area contributed by atoms with Crippen LogP contribution in [0.4, 0.5) is 17.3 Å². The number of hydrogen-bond donors (Lipinski definition) is 2. The summed E-state index contributed by atoms with van der Waals surface area (Å²) in [6.07, 6.45) is 1.82. The van der Waals surface area contributed by atoms with Gasteiger partial charge in [0.2, 0.25) is 11.9 Å². The van der Waals surface area contributed by atoms with Crippen molar-refractivity contribution in [2.45, 2.75) is 6.92 Å². The highest BCUT2D eigenvalue weighted by molar-refractivity contribution is 7.17. The SMILES string of the molecule is CC(=O)Nc1cccc(Nc2ncc3ccc4sccc4c3n2)c1. The van der Waals surface area contributed by atoms with E-state index in [-0.39, 0.29) is 5.91 Å². The zero-order chi connectivity index (χ0) is 16.5. The van der Waals surface area contributed by atoms with E-state index in [9.17, 15) is 4.79 Å². The number of aromatic nitrogens is 2. The van der Waals surface area contributed by atoms with Gasteiger partial charge in [-0.2, -0.15) is 0 Å². The van der Waals surface area contributed by atoms with Crippen LogP contribution in [0.1, 0.15) is 6.92 Å². The molecule has 0 saturated heterocycles. The standard InChI is InChI=1S/C18H14N4OS/c1-11(23)20-13-3-2-4-14(9-13)21-18-19-10-12-5-6-16-15(7-8-24-16)17(12)22-18/h2-10H,1H3,(H,20,23)(H,19,21,22). The second kappa shape index (κ2) is 5.90. The Morgan fingerprint density at radius 2 is 2.00 bits per heavy atom. The average Bonchev–Trinajstić information content (AvgIpc) is 3.03. The molecule has 0 aliphatic carbocycles. The Labute approximate surface area is 142 Å². The van der Waals surface area contributed by atoms with Gasteiger partial charge in [0.15, 0.2) is 0 Å². The number of fused-ring (bicyclic) bond motifs is 3. The van der Waals surface area contributed by atoms with Gasteiger partial charge < -0.3 is 10.6 Å². The van der Waals surface area contributed by atoms with E-state index in [1.807, 2.05) is 36.5 Å². The highest BCUT2D eigenvalue weighted by Gasteiger charge is 2.06. The fraction of sp³-hybridized carbons (Fsp3) is 0.0556. The number of nitrogens with zero attached hydrogens (tertiary/aromatic N) is 2. The number of hydrogen-bond acceptors (Lipinski definition) is 5. The fourth-order valence-corrected chi connectivity index (χ4v) is 3.40. The van der Waals surface area contributed by atoms with Crippen LogP contribution < -0.4 is 10.6 Å². The maximum absolute atomic E-state index is 11.2. The van der Waals surface area contributed by atoms with Gasteiger partial charge >= 0.3 is 0 Å². The normalized spacial score (nSPS) is 10.9. The van der Waals surface area contributed by atoms with Crippen molar-refractivity contribution in [3.63, 3.8) is 0 Å². The van der Waals surface area contributed by atoms with Crippen molar-refractivity contribution < 1.29 is 4.79 Å². The summed E-state index contributed by atoms with van der Waals surface area (Å²) in [5.74, 6) is 0.426. The van der Waals surface area contributed by atoms with E-state index in [0.717, 1.165) is 27.7 Å². The van der Waals surface area contributed by atoms with Crippen molar-refractivity contribution in [1.82, 2.24) is 9.97 Å². The van der Waals surface area contributed by atoms with E-state index >= 15 is 0 Å². The number of thiophene rings is 1. The van der Waals surface area contributed by atoms with Gasteiger partial charge in [-0.25, -0.2) is 9.97 Å². The minimum Gasteiger partial charge on any atom is -0.326 e. The van der Waals surface area contributed by atoms with Crippen molar-refractivity contribution in [2.75, 3.05) is 10.6 Å². The van der Waals surface area contributed by atoms with Gasteiger partial charge in [-0.05, 0) is 41.8 Å². The minimum absolute atomic E-state index is 0.103. The molecule has 0 unspecified atom stereocenters. The van der Waals surface area contributed by atoms with Crippen molar-refractivity contribution in [1.29, 1.82) is 0 Å². The Kier molecular flexibility index (Phi) is 3.59. The number of nitrogens with one attached hydrogen (secondary N) is 2. The Morgan fingerprint density at radius 1 is 1.12 bits per heavy atom. The lowest BCUT2D eigenvalue weighted by Crippen LogP contribution is -2.06. The second-order valence-electron chi connectivity index (χ2n) is 5.42. The molecule has 0 radical (unpaired) electrons. The first kappa shape index (κ1) is 14.6. The molecule has 6 heteroatoms. The molecule has 5 nitrogen and oxygen atoms in total. The lowest BCUT2D eigenvalue weighted by molar-refractivity contribution is -0.114. The third-order valence-electron chi connectivity index (χ3n) is 3.62. The molecule has 4 rings (SSSR count). The van der Waals surface area contributed by atoms with Crippen molar-refractivity contribution in [2.24, 2.45) is 0 Å². The molecule has 0 fully saturated rings. The van der Waals surface area contributed by atoms with Crippen LogP contribution in [0.5, 0.6) is 0 Å². The molecule has 2 heterocycles. The van der Waals surface area contributed by atoms with E-state index in [1.54, 1.807) is 11.3 Å². The predicted octanol–water partition coefficient (Wildman–Crippen LogP) is 4.55. The summed E-state index contributed by atoms with van der Waals surface area (Å²) in [5.41, 5.74) is 2.48. The van der Waals surface area contributed by atoms with E-state index < -0.39 is 0 Å². The molecule has 1 amide bonds. The topological polar surface area (TPSA) is 66.9 Å². The first-order chi connectivity index (χ1) is 11.7. The van der Waals surface area contributed by atoms with Gasteiger partial charge in [-0.1, -0.05) is 6.07 Å². The summed E-state index contributed by atoms with van der Waals surface area (Å²) in [4.78, 5) is 20.2. The number of benzene rings is 2. The molecule has 0 saturated carbocycles. The van der Waals surface area contributed by atoms with Gasteiger partial charge in [-0.3, -0.25) is 4.79 Å². The zero-order valence-corrected chi connectivity index (χ0v) is 13.7. The summed E-state index contributed by atoms with van der Waals surface area (Å²) in [6.45, 7) is 1.48. The molecule has 4 aromatic rings. The quantitative estimate of drug-likeness (QED) is 0.577. The van der Waals surface area contributed by atoms with E-state index in [1.165, 1.54) is 11.6 Å². The van der Waals surface area contributed by atoms with Gasteiger partial charge in [0.25, 0.3) is 0 Å².